The summed E-state index contributed by atoms with van der Waals surface area (Å²) in [7, 11) is 0. The third-order valence-corrected chi connectivity index (χ3v) is 5.13. The van der Waals surface area contributed by atoms with Crippen LogP contribution in [0, 0.1) is 13.8 Å². The molecule has 10 heteroatoms. The lowest BCUT2D eigenvalue weighted by atomic mass is 10.1. The Morgan fingerprint density at radius 2 is 1.77 bits per heavy atom. The average molecular weight is 439 g/mol. The molecule has 3 aromatic rings. The minimum atomic E-state index is -1.10. The maximum atomic E-state index is 12.3. The van der Waals surface area contributed by atoms with Gasteiger partial charge in [-0.2, -0.15) is 0 Å². The van der Waals surface area contributed by atoms with Gasteiger partial charge in [-0.3, -0.25) is 9.59 Å². The van der Waals surface area contributed by atoms with Crippen LogP contribution in [-0.2, 0) is 14.3 Å². The molecule has 0 radical (unpaired) electrons. The van der Waals surface area contributed by atoms with Crippen LogP contribution in [0.1, 0.15) is 28.5 Å². The minimum absolute atomic E-state index is 0.0554. The number of anilines is 1. The number of hydrogen-bond acceptors (Lipinski definition) is 8. The zero-order valence-corrected chi connectivity index (χ0v) is 18.0. The van der Waals surface area contributed by atoms with E-state index in [2.05, 4.69) is 25.6 Å². The van der Waals surface area contributed by atoms with Gasteiger partial charge in [-0.15, -0.1) is 11.3 Å². The van der Waals surface area contributed by atoms with Crippen LogP contribution >= 0.6 is 11.3 Å². The lowest BCUT2D eigenvalue weighted by molar-refractivity contribution is -0.130. The van der Waals surface area contributed by atoms with Gasteiger partial charge in [-0.25, -0.2) is 19.7 Å². The Morgan fingerprint density at radius 1 is 1.10 bits per heavy atom. The van der Waals surface area contributed by atoms with Crippen molar-refractivity contribution in [3.05, 3.63) is 58.9 Å². The number of aryl methyl sites for hydroxylation is 2. The molecule has 1 atom stereocenters. The highest BCUT2D eigenvalue weighted by Crippen LogP contribution is 2.20. The smallest absolute Gasteiger partial charge is 0.358 e. The van der Waals surface area contributed by atoms with Crippen molar-refractivity contribution in [3.8, 4) is 10.8 Å². The van der Waals surface area contributed by atoms with Crippen LogP contribution in [0.15, 0.2) is 42.0 Å². The van der Waals surface area contributed by atoms with E-state index in [4.69, 9.17) is 4.74 Å². The van der Waals surface area contributed by atoms with Crippen molar-refractivity contribution in [1.82, 2.24) is 20.3 Å². The van der Waals surface area contributed by atoms with E-state index >= 15 is 0 Å². The van der Waals surface area contributed by atoms with E-state index in [9.17, 15) is 14.4 Å². The van der Waals surface area contributed by atoms with E-state index in [0.29, 0.717) is 16.5 Å². The predicted octanol–water partition coefficient (Wildman–Crippen LogP) is 2.52. The van der Waals surface area contributed by atoms with E-state index in [1.165, 1.54) is 23.6 Å². The van der Waals surface area contributed by atoms with E-state index in [1.54, 1.807) is 18.5 Å². The zero-order valence-electron chi connectivity index (χ0n) is 17.2. The molecule has 1 aromatic carbocycles. The summed E-state index contributed by atoms with van der Waals surface area (Å²) in [6.45, 7) is 4.94. The Kier molecular flexibility index (Phi) is 7.03. The summed E-state index contributed by atoms with van der Waals surface area (Å²) in [5, 5.41) is 7.22. The van der Waals surface area contributed by atoms with Crippen LogP contribution in [0.5, 0.6) is 0 Å². The molecule has 0 saturated carbocycles. The van der Waals surface area contributed by atoms with Gasteiger partial charge in [0.25, 0.3) is 5.91 Å². The molecule has 0 fully saturated rings. The van der Waals surface area contributed by atoms with Crippen molar-refractivity contribution in [2.75, 3.05) is 11.9 Å². The van der Waals surface area contributed by atoms with Crippen LogP contribution in [0.4, 0.5) is 5.69 Å². The highest BCUT2D eigenvalue weighted by atomic mass is 32.1. The summed E-state index contributed by atoms with van der Waals surface area (Å²) in [5.41, 5.74) is 2.61. The molecule has 2 amide bonds. The minimum Gasteiger partial charge on any atom is -0.448 e. The molecule has 160 valence electrons. The molecule has 1 unspecified atom stereocenters. The molecule has 9 nitrogen and oxygen atoms in total. The summed E-state index contributed by atoms with van der Waals surface area (Å²) in [5.74, 6) is -1.32. The predicted molar refractivity (Wildman–Crippen MR) is 116 cm³/mol. The SMILES string of the molecule is Cc1cccc(C)c1NC(=O)CNC(=O)C(C)OC(=O)c1csc(-c2ncccn2)n1. The van der Waals surface area contributed by atoms with Gasteiger partial charge in [0, 0.05) is 23.5 Å². The topological polar surface area (TPSA) is 123 Å². The van der Waals surface area contributed by atoms with Crippen molar-refractivity contribution in [3.63, 3.8) is 0 Å². The van der Waals surface area contributed by atoms with E-state index in [-0.39, 0.29) is 18.1 Å². The second-order valence-corrected chi connectivity index (χ2v) is 7.55. The van der Waals surface area contributed by atoms with Crippen LogP contribution < -0.4 is 10.6 Å². The monoisotopic (exact) mass is 439 g/mol. The highest BCUT2D eigenvalue weighted by Gasteiger charge is 2.22. The van der Waals surface area contributed by atoms with E-state index in [1.807, 2.05) is 32.0 Å². The fourth-order valence-electron chi connectivity index (χ4n) is 2.66. The van der Waals surface area contributed by atoms with Crippen molar-refractivity contribution in [2.45, 2.75) is 26.9 Å². The molecule has 2 aromatic heterocycles. The first-order valence-electron chi connectivity index (χ1n) is 9.43. The molecule has 0 aliphatic rings. The Bertz CT molecular complexity index is 1080. The van der Waals surface area contributed by atoms with E-state index in [0.717, 1.165) is 11.1 Å². The first-order valence-corrected chi connectivity index (χ1v) is 10.3. The van der Waals surface area contributed by atoms with Crippen molar-refractivity contribution in [2.24, 2.45) is 0 Å². The van der Waals surface area contributed by atoms with Crippen molar-refractivity contribution >= 4 is 34.8 Å². The molecule has 0 saturated heterocycles. The van der Waals surface area contributed by atoms with Gasteiger partial charge in [0.1, 0.15) is 0 Å². The zero-order chi connectivity index (χ0) is 22.4. The number of thiazole rings is 1. The number of carbonyl (C=O) groups is 3. The number of amides is 2. The number of carbonyl (C=O) groups excluding carboxylic acids is 3. The van der Waals surface area contributed by atoms with E-state index < -0.39 is 18.0 Å². The lowest BCUT2D eigenvalue weighted by Crippen LogP contribution is -2.40. The fourth-order valence-corrected chi connectivity index (χ4v) is 3.39. The standard InChI is InChI=1S/C21H21N5O4S/c1-12-6-4-7-13(2)17(12)26-16(27)10-24-19(28)14(3)30-21(29)15-11-31-20(25-15)18-22-8-5-9-23-18/h4-9,11,14H,10H2,1-3H3,(H,24,28)(H,26,27). The summed E-state index contributed by atoms with van der Waals surface area (Å²) >= 11 is 1.19. The molecule has 0 spiro atoms. The summed E-state index contributed by atoms with van der Waals surface area (Å²) in [6.07, 6.45) is 2.05. The largest absolute Gasteiger partial charge is 0.448 e. The summed E-state index contributed by atoms with van der Waals surface area (Å²) in [6, 6.07) is 7.35. The van der Waals surface area contributed by atoms with Crippen molar-refractivity contribution in [1.29, 1.82) is 0 Å². The third-order valence-electron chi connectivity index (χ3n) is 4.29. The first kappa shape index (κ1) is 22.0. The Labute approximate surface area is 182 Å². The molecule has 0 aliphatic carbocycles. The second-order valence-electron chi connectivity index (χ2n) is 6.69. The van der Waals surface area contributed by atoms with Gasteiger partial charge >= 0.3 is 5.97 Å². The van der Waals surface area contributed by atoms with Crippen molar-refractivity contribution < 1.29 is 19.1 Å². The molecule has 0 bridgehead atoms. The normalized spacial score (nSPS) is 11.5. The second kappa shape index (κ2) is 9.90. The number of rotatable bonds is 7. The molecule has 2 heterocycles. The molecule has 31 heavy (non-hydrogen) atoms. The number of para-hydroxylation sites is 1. The number of esters is 1. The number of ether oxygens (including phenoxy) is 1. The molecule has 3 rings (SSSR count). The number of nitrogens with zero attached hydrogens (tertiary/aromatic N) is 3. The Balaban J connectivity index is 1.50. The van der Waals surface area contributed by atoms with Gasteiger partial charge in [-0.05, 0) is 38.0 Å². The number of aromatic nitrogens is 3. The van der Waals surface area contributed by atoms with Gasteiger partial charge in [-0.1, -0.05) is 18.2 Å². The first-order chi connectivity index (χ1) is 14.8. The maximum Gasteiger partial charge on any atom is 0.358 e. The van der Waals surface area contributed by atoms with Crippen LogP contribution in [-0.4, -0.2) is 45.4 Å². The van der Waals surface area contributed by atoms with Gasteiger partial charge < -0.3 is 15.4 Å². The molecular formula is C21H21N5O4S. The average Bonchev–Trinajstić information content (AvgIpc) is 3.26. The van der Waals surface area contributed by atoms with Gasteiger partial charge in [0.05, 0.1) is 6.54 Å². The van der Waals surface area contributed by atoms with Crippen LogP contribution in [0.25, 0.3) is 10.8 Å². The maximum absolute atomic E-state index is 12.3. The Morgan fingerprint density at radius 3 is 2.45 bits per heavy atom. The molecule has 0 aliphatic heterocycles. The number of benzene rings is 1. The number of nitrogens with one attached hydrogen (secondary N) is 2. The molecule has 2 N–H and O–H groups in total. The van der Waals surface area contributed by atoms with Crippen LogP contribution in [0.3, 0.4) is 0 Å². The third kappa shape index (κ3) is 5.70. The summed E-state index contributed by atoms with van der Waals surface area (Å²) in [4.78, 5) is 49.0. The number of hydrogen-bond donors (Lipinski definition) is 2. The fraction of sp³-hybridized carbons (Fsp3) is 0.238. The lowest BCUT2D eigenvalue weighted by Gasteiger charge is -2.14. The van der Waals surface area contributed by atoms with Gasteiger partial charge in [0.2, 0.25) is 5.91 Å². The van der Waals surface area contributed by atoms with Crippen LogP contribution in [0.2, 0.25) is 0 Å². The molecular weight excluding hydrogens is 418 g/mol. The summed E-state index contributed by atoms with van der Waals surface area (Å²) < 4.78 is 5.16. The van der Waals surface area contributed by atoms with Gasteiger partial charge in [0.15, 0.2) is 22.6 Å². The Hall–Kier alpha value is -3.66. The quantitative estimate of drug-likeness (QED) is 0.542. The highest BCUT2D eigenvalue weighted by molar-refractivity contribution is 7.13.